The van der Waals surface area contributed by atoms with Gasteiger partial charge in [-0.25, -0.2) is 9.67 Å². The van der Waals surface area contributed by atoms with Crippen LogP contribution in [0.15, 0.2) is 83.7 Å². The van der Waals surface area contributed by atoms with Crippen LogP contribution in [0.5, 0.6) is 0 Å². The number of nitrogens with one attached hydrogen (secondary N) is 3. The predicted octanol–water partition coefficient (Wildman–Crippen LogP) is 2.71. The van der Waals surface area contributed by atoms with Crippen LogP contribution < -0.4 is 16.4 Å². The number of rotatable bonds is 6. The van der Waals surface area contributed by atoms with E-state index in [1.165, 1.54) is 4.68 Å². The maximum atomic E-state index is 12.9. The first-order valence-corrected chi connectivity index (χ1v) is 11.1. The Morgan fingerprint density at radius 1 is 0.857 bits per heavy atom. The molecule has 0 atom stereocenters. The molecule has 0 saturated carbocycles. The highest BCUT2D eigenvalue weighted by Gasteiger charge is 2.17. The normalized spacial score (nSPS) is 11.0. The Labute approximate surface area is 199 Å². The quantitative estimate of drug-likeness (QED) is 0.332. The first-order chi connectivity index (χ1) is 17.1. The fourth-order valence-electron chi connectivity index (χ4n) is 3.87. The molecule has 0 aliphatic carbocycles. The summed E-state index contributed by atoms with van der Waals surface area (Å²) in [7, 11) is 0. The highest BCUT2D eigenvalue weighted by atomic mass is 16.2. The molecule has 5 aromatic rings. The summed E-state index contributed by atoms with van der Waals surface area (Å²) in [5.74, 6) is -0.297. The zero-order valence-electron chi connectivity index (χ0n) is 18.7. The highest BCUT2D eigenvalue weighted by Crippen LogP contribution is 2.14. The third-order valence-corrected chi connectivity index (χ3v) is 5.60. The van der Waals surface area contributed by atoms with Crippen molar-refractivity contribution in [1.82, 2.24) is 30.6 Å². The van der Waals surface area contributed by atoms with Gasteiger partial charge in [0.1, 0.15) is 5.82 Å². The summed E-state index contributed by atoms with van der Waals surface area (Å²) in [6, 6.07) is 23.8. The van der Waals surface area contributed by atoms with Crippen molar-refractivity contribution in [2.45, 2.75) is 19.4 Å². The van der Waals surface area contributed by atoms with Gasteiger partial charge in [0.25, 0.3) is 11.5 Å². The van der Waals surface area contributed by atoms with Gasteiger partial charge in [-0.15, -0.1) is 0 Å². The van der Waals surface area contributed by atoms with Crippen LogP contribution in [0.25, 0.3) is 21.8 Å². The van der Waals surface area contributed by atoms with E-state index in [1.54, 1.807) is 24.3 Å². The summed E-state index contributed by atoms with van der Waals surface area (Å²) in [5, 5.41) is 5.10. The van der Waals surface area contributed by atoms with E-state index in [1.807, 2.05) is 54.6 Å². The molecule has 9 nitrogen and oxygen atoms in total. The molecule has 0 bridgehead atoms. The van der Waals surface area contributed by atoms with Crippen LogP contribution in [-0.4, -0.2) is 31.6 Å². The van der Waals surface area contributed by atoms with Gasteiger partial charge in [-0.1, -0.05) is 60.7 Å². The minimum Gasteiger partial charge on any atom is -0.342 e. The van der Waals surface area contributed by atoms with Crippen molar-refractivity contribution in [1.29, 1.82) is 0 Å². The molecule has 0 saturated heterocycles. The van der Waals surface area contributed by atoms with Gasteiger partial charge in [0.05, 0.1) is 23.0 Å². The molecule has 0 radical (unpaired) electrons. The van der Waals surface area contributed by atoms with Gasteiger partial charge in [0, 0.05) is 18.2 Å². The van der Waals surface area contributed by atoms with Crippen LogP contribution in [0, 0.1) is 0 Å². The minimum absolute atomic E-state index is 0.0497. The van der Waals surface area contributed by atoms with Crippen LogP contribution in [0.3, 0.4) is 0 Å². The van der Waals surface area contributed by atoms with Gasteiger partial charge in [0.15, 0.2) is 5.69 Å². The van der Waals surface area contributed by atoms with Crippen LogP contribution in [0.2, 0.25) is 0 Å². The van der Waals surface area contributed by atoms with Crippen LogP contribution in [0.1, 0.15) is 28.3 Å². The Balaban J connectivity index is 1.30. The largest absolute Gasteiger partial charge is 0.342 e. The average molecular weight is 467 g/mol. The number of carbonyl (C=O) groups excluding carboxylic acids is 2. The molecule has 174 valence electrons. The Bertz CT molecular complexity index is 1560. The summed E-state index contributed by atoms with van der Waals surface area (Å²) < 4.78 is 1.26. The van der Waals surface area contributed by atoms with Crippen molar-refractivity contribution in [3.05, 3.63) is 106 Å². The molecular formula is C26H22N6O3. The third-order valence-electron chi connectivity index (χ3n) is 5.60. The van der Waals surface area contributed by atoms with Crippen molar-refractivity contribution < 1.29 is 9.59 Å². The Kier molecular flexibility index (Phi) is 6.04. The molecule has 9 heteroatoms. The lowest BCUT2D eigenvalue weighted by atomic mass is 10.1. The third kappa shape index (κ3) is 4.79. The predicted molar refractivity (Wildman–Crippen MR) is 132 cm³/mol. The molecular weight excluding hydrogens is 444 g/mol. The molecule has 2 amide bonds. The SMILES string of the molecule is O=C(CCc1nc2ccccc2[nH]1)NNC(=O)c1nn(Cc2ccccc2)c(=O)c2ccccc12. The Morgan fingerprint density at radius 2 is 1.57 bits per heavy atom. The van der Waals surface area contributed by atoms with Gasteiger partial charge in [-0.2, -0.15) is 5.10 Å². The van der Waals surface area contributed by atoms with Crippen molar-refractivity contribution in [3.63, 3.8) is 0 Å². The second kappa shape index (κ2) is 9.60. The molecule has 35 heavy (non-hydrogen) atoms. The fourth-order valence-corrected chi connectivity index (χ4v) is 3.87. The zero-order valence-corrected chi connectivity index (χ0v) is 18.7. The highest BCUT2D eigenvalue weighted by molar-refractivity contribution is 6.05. The number of amides is 2. The molecule has 0 unspecified atom stereocenters. The topological polar surface area (TPSA) is 122 Å². The van der Waals surface area contributed by atoms with Crippen molar-refractivity contribution >= 4 is 33.6 Å². The lowest BCUT2D eigenvalue weighted by Crippen LogP contribution is -2.43. The zero-order chi connectivity index (χ0) is 24.2. The number of hydrazine groups is 1. The number of aryl methyl sites for hydroxylation is 1. The molecule has 3 aromatic carbocycles. The van der Waals surface area contributed by atoms with Gasteiger partial charge in [-0.3, -0.25) is 25.2 Å². The second-order valence-electron chi connectivity index (χ2n) is 8.05. The molecule has 0 aliphatic heterocycles. The maximum Gasteiger partial charge on any atom is 0.290 e. The van der Waals surface area contributed by atoms with Crippen LogP contribution in [0.4, 0.5) is 0 Å². The average Bonchev–Trinajstić information content (AvgIpc) is 3.31. The molecule has 0 aliphatic rings. The first-order valence-electron chi connectivity index (χ1n) is 11.1. The van der Waals surface area contributed by atoms with E-state index in [-0.39, 0.29) is 30.1 Å². The van der Waals surface area contributed by atoms with Gasteiger partial charge < -0.3 is 4.98 Å². The van der Waals surface area contributed by atoms with Crippen LogP contribution in [-0.2, 0) is 17.8 Å². The fraction of sp³-hybridized carbons (Fsp3) is 0.115. The number of aromatic nitrogens is 4. The van der Waals surface area contributed by atoms with Crippen molar-refractivity contribution in [2.75, 3.05) is 0 Å². The summed E-state index contributed by atoms with van der Waals surface area (Å²) in [4.78, 5) is 45.9. The molecule has 0 fully saturated rings. The number of fused-ring (bicyclic) bond motifs is 2. The minimum atomic E-state index is -0.611. The number of imidazole rings is 1. The summed E-state index contributed by atoms with van der Waals surface area (Å²) in [6.45, 7) is 0.217. The lowest BCUT2D eigenvalue weighted by Gasteiger charge is -2.12. The van der Waals surface area contributed by atoms with E-state index >= 15 is 0 Å². The van der Waals surface area contributed by atoms with E-state index in [0.717, 1.165) is 16.6 Å². The van der Waals surface area contributed by atoms with E-state index in [4.69, 9.17) is 0 Å². The number of para-hydroxylation sites is 2. The molecule has 2 heterocycles. The number of carbonyl (C=O) groups is 2. The van der Waals surface area contributed by atoms with Crippen molar-refractivity contribution in [3.8, 4) is 0 Å². The van der Waals surface area contributed by atoms with Gasteiger partial charge in [-0.05, 0) is 23.8 Å². The van der Waals surface area contributed by atoms with Crippen LogP contribution >= 0.6 is 0 Å². The number of H-pyrrole nitrogens is 1. The standard InChI is InChI=1S/C26H22N6O3/c33-23(15-14-22-27-20-12-6-7-13-21(20)28-22)29-30-25(34)24-18-10-4-5-11-19(18)26(35)32(31-24)16-17-8-2-1-3-9-17/h1-13H,14-16H2,(H,27,28)(H,29,33)(H,30,34). The smallest absolute Gasteiger partial charge is 0.290 e. The van der Waals surface area contributed by atoms with Crippen molar-refractivity contribution in [2.24, 2.45) is 0 Å². The van der Waals surface area contributed by atoms with E-state index < -0.39 is 5.91 Å². The van der Waals surface area contributed by atoms with Gasteiger partial charge in [0.2, 0.25) is 5.91 Å². The van der Waals surface area contributed by atoms with E-state index in [2.05, 4.69) is 25.9 Å². The van der Waals surface area contributed by atoms with Gasteiger partial charge >= 0.3 is 0 Å². The molecule has 0 spiro atoms. The second-order valence-corrected chi connectivity index (χ2v) is 8.05. The molecule has 2 aromatic heterocycles. The first kappa shape index (κ1) is 22.0. The number of nitrogens with zero attached hydrogens (tertiary/aromatic N) is 3. The number of hydrogen-bond acceptors (Lipinski definition) is 5. The number of benzene rings is 3. The Hall–Kier alpha value is -4.79. The summed E-state index contributed by atoms with van der Waals surface area (Å²) in [5.41, 5.74) is 7.21. The number of aromatic amines is 1. The van der Waals surface area contributed by atoms with E-state index in [0.29, 0.717) is 23.0 Å². The monoisotopic (exact) mass is 466 g/mol. The van der Waals surface area contributed by atoms with E-state index in [9.17, 15) is 14.4 Å². The molecule has 3 N–H and O–H groups in total. The molecule has 5 rings (SSSR count). The Morgan fingerprint density at radius 3 is 2.37 bits per heavy atom. The maximum absolute atomic E-state index is 12.9. The number of hydrogen-bond donors (Lipinski definition) is 3. The lowest BCUT2D eigenvalue weighted by molar-refractivity contribution is -0.121. The summed E-state index contributed by atoms with van der Waals surface area (Å²) in [6.07, 6.45) is 0.515. The summed E-state index contributed by atoms with van der Waals surface area (Å²) >= 11 is 0.